The molecule has 0 atom stereocenters. The van der Waals surface area contributed by atoms with Crippen molar-refractivity contribution in [1.29, 1.82) is 0 Å². The Morgan fingerprint density at radius 1 is 1.32 bits per heavy atom. The van der Waals surface area contributed by atoms with E-state index in [1.165, 1.54) is 11.3 Å². The van der Waals surface area contributed by atoms with Crippen molar-refractivity contribution in [3.63, 3.8) is 0 Å². The molecule has 0 aliphatic rings. The Balaban J connectivity index is 1.82. The molecule has 0 spiro atoms. The molecule has 0 radical (unpaired) electrons. The molecular formula is C15H18N4O2S. The largest absolute Gasteiger partial charge is 0.361 e. The third-order valence-electron chi connectivity index (χ3n) is 3.58. The minimum atomic E-state index is -0.0323. The Labute approximate surface area is 132 Å². The highest BCUT2D eigenvalue weighted by Gasteiger charge is 2.13. The van der Waals surface area contributed by atoms with Crippen LogP contribution < -0.4 is 5.56 Å². The molecule has 0 bridgehead atoms. The molecule has 0 unspecified atom stereocenters. The van der Waals surface area contributed by atoms with E-state index < -0.39 is 0 Å². The average Bonchev–Trinajstić information content (AvgIpc) is 2.95. The van der Waals surface area contributed by atoms with Gasteiger partial charge in [-0.3, -0.25) is 14.1 Å². The molecule has 3 heterocycles. The van der Waals surface area contributed by atoms with Gasteiger partial charge in [0.15, 0.2) is 4.96 Å². The molecule has 3 rings (SSSR count). The van der Waals surface area contributed by atoms with E-state index in [1.54, 1.807) is 10.5 Å². The topological polar surface area (TPSA) is 63.6 Å². The molecule has 0 N–H and O–H groups in total. The van der Waals surface area contributed by atoms with Gasteiger partial charge in [0.05, 0.1) is 11.4 Å². The Morgan fingerprint density at radius 2 is 2.09 bits per heavy atom. The fraction of sp³-hybridized carbons (Fsp3) is 0.400. The zero-order chi connectivity index (χ0) is 15.9. The van der Waals surface area contributed by atoms with Gasteiger partial charge in [-0.05, 0) is 27.8 Å². The number of thiazole rings is 1. The Morgan fingerprint density at radius 3 is 2.77 bits per heavy atom. The minimum absolute atomic E-state index is 0.0323. The van der Waals surface area contributed by atoms with E-state index in [2.05, 4.69) is 15.0 Å². The van der Waals surface area contributed by atoms with Gasteiger partial charge in [0.2, 0.25) is 0 Å². The maximum absolute atomic E-state index is 12.1. The molecule has 3 aromatic heterocycles. The van der Waals surface area contributed by atoms with Gasteiger partial charge in [0.1, 0.15) is 5.76 Å². The van der Waals surface area contributed by atoms with Gasteiger partial charge in [-0.15, -0.1) is 11.3 Å². The first-order chi connectivity index (χ1) is 10.4. The fourth-order valence-electron chi connectivity index (χ4n) is 2.47. The number of aromatic nitrogens is 3. The summed E-state index contributed by atoms with van der Waals surface area (Å²) in [6, 6.07) is 1.60. The number of nitrogens with zero attached hydrogens (tertiary/aromatic N) is 4. The average molecular weight is 318 g/mol. The number of fused-ring (bicyclic) bond motifs is 1. The minimum Gasteiger partial charge on any atom is -0.361 e. The van der Waals surface area contributed by atoms with Crippen LogP contribution in [0, 0.1) is 20.8 Å². The molecule has 3 aromatic rings. The summed E-state index contributed by atoms with van der Waals surface area (Å²) in [5.74, 6) is 0.835. The summed E-state index contributed by atoms with van der Waals surface area (Å²) >= 11 is 1.53. The van der Waals surface area contributed by atoms with E-state index in [0.717, 1.165) is 32.5 Å². The molecule has 0 aromatic carbocycles. The summed E-state index contributed by atoms with van der Waals surface area (Å²) in [6.07, 6.45) is 1.83. The van der Waals surface area contributed by atoms with Gasteiger partial charge in [-0.1, -0.05) is 5.16 Å². The normalized spacial score (nSPS) is 11.7. The second kappa shape index (κ2) is 5.66. The molecule has 0 saturated carbocycles. The van der Waals surface area contributed by atoms with Crippen LogP contribution in [0.1, 0.15) is 27.6 Å². The quantitative estimate of drug-likeness (QED) is 0.738. The van der Waals surface area contributed by atoms with Crippen molar-refractivity contribution >= 4 is 16.3 Å². The molecule has 0 aliphatic heterocycles. The van der Waals surface area contributed by atoms with Crippen LogP contribution in [0.4, 0.5) is 0 Å². The first kappa shape index (κ1) is 14.9. The van der Waals surface area contributed by atoms with Gasteiger partial charge in [-0.2, -0.15) is 0 Å². The van der Waals surface area contributed by atoms with Crippen LogP contribution in [0.2, 0.25) is 0 Å². The molecule has 0 amide bonds. The molecule has 0 fully saturated rings. The molecule has 0 aliphatic carbocycles. The van der Waals surface area contributed by atoms with E-state index in [1.807, 2.05) is 34.0 Å². The summed E-state index contributed by atoms with van der Waals surface area (Å²) in [7, 11) is 2.00. The molecule has 22 heavy (non-hydrogen) atoms. The molecule has 0 saturated heterocycles. The highest BCUT2D eigenvalue weighted by molar-refractivity contribution is 7.16. The summed E-state index contributed by atoms with van der Waals surface area (Å²) in [4.78, 5) is 20.6. The van der Waals surface area contributed by atoms with Crippen molar-refractivity contribution in [2.24, 2.45) is 0 Å². The molecule has 7 heteroatoms. The van der Waals surface area contributed by atoms with Gasteiger partial charge in [0, 0.05) is 35.8 Å². The van der Waals surface area contributed by atoms with Gasteiger partial charge >= 0.3 is 0 Å². The van der Waals surface area contributed by atoms with E-state index in [0.29, 0.717) is 13.1 Å². The summed E-state index contributed by atoms with van der Waals surface area (Å²) in [6.45, 7) is 7.14. The SMILES string of the molecule is Cc1cn2c(=O)cc(CN(C)Cc3c(C)noc3C)nc2s1. The highest BCUT2D eigenvalue weighted by atomic mass is 32.1. The lowest BCUT2D eigenvalue weighted by Crippen LogP contribution is -2.21. The number of hydrogen-bond acceptors (Lipinski definition) is 6. The summed E-state index contributed by atoms with van der Waals surface area (Å²) < 4.78 is 6.78. The van der Waals surface area contributed by atoms with Crippen LogP contribution in [-0.2, 0) is 13.1 Å². The lowest BCUT2D eigenvalue weighted by atomic mass is 10.2. The second-order valence-corrected chi connectivity index (χ2v) is 6.77. The fourth-order valence-corrected chi connectivity index (χ4v) is 3.32. The van der Waals surface area contributed by atoms with E-state index in [-0.39, 0.29) is 5.56 Å². The zero-order valence-electron chi connectivity index (χ0n) is 13.1. The summed E-state index contributed by atoms with van der Waals surface area (Å²) in [5.41, 5.74) is 2.74. The van der Waals surface area contributed by atoms with E-state index in [9.17, 15) is 4.79 Å². The smallest absolute Gasteiger partial charge is 0.258 e. The van der Waals surface area contributed by atoms with Crippen LogP contribution in [0.15, 0.2) is 21.6 Å². The predicted molar refractivity (Wildman–Crippen MR) is 85.2 cm³/mol. The van der Waals surface area contributed by atoms with E-state index in [4.69, 9.17) is 4.52 Å². The first-order valence-corrected chi connectivity index (χ1v) is 7.84. The van der Waals surface area contributed by atoms with Crippen molar-refractivity contribution in [2.45, 2.75) is 33.9 Å². The number of aryl methyl sites for hydroxylation is 3. The Kier molecular flexibility index (Phi) is 3.84. The third-order valence-corrected chi connectivity index (χ3v) is 4.48. The lowest BCUT2D eigenvalue weighted by Gasteiger charge is -2.15. The maximum atomic E-state index is 12.1. The predicted octanol–water partition coefficient (Wildman–Crippen LogP) is 2.30. The van der Waals surface area contributed by atoms with Gasteiger partial charge in [0.25, 0.3) is 5.56 Å². The number of hydrogen-bond donors (Lipinski definition) is 0. The summed E-state index contributed by atoms with van der Waals surface area (Å²) in [5, 5.41) is 3.97. The molecular weight excluding hydrogens is 300 g/mol. The standard InChI is InChI=1S/C15H18N4O2S/c1-9-6-19-14(20)5-12(16-15(19)22-9)7-18(4)8-13-10(2)17-21-11(13)3/h5-6H,7-8H2,1-4H3. The van der Waals surface area contributed by atoms with Crippen molar-refractivity contribution in [3.8, 4) is 0 Å². The van der Waals surface area contributed by atoms with Crippen LogP contribution >= 0.6 is 11.3 Å². The molecule has 6 nitrogen and oxygen atoms in total. The third kappa shape index (κ3) is 2.82. The Bertz CT molecular complexity index is 858. The second-order valence-electron chi connectivity index (χ2n) is 5.56. The monoisotopic (exact) mass is 318 g/mol. The number of rotatable bonds is 4. The molecule has 116 valence electrons. The van der Waals surface area contributed by atoms with Gasteiger partial charge in [-0.25, -0.2) is 4.98 Å². The van der Waals surface area contributed by atoms with Crippen molar-refractivity contribution in [3.05, 3.63) is 50.2 Å². The zero-order valence-corrected chi connectivity index (χ0v) is 13.9. The van der Waals surface area contributed by atoms with Crippen LogP contribution in [-0.4, -0.2) is 26.5 Å². The lowest BCUT2D eigenvalue weighted by molar-refractivity contribution is 0.311. The van der Waals surface area contributed by atoms with E-state index >= 15 is 0 Å². The van der Waals surface area contributed by atoms with Crippen LogP contribution in [0.25, 0.3) is 4.96 Å². The van der Waals surface area contributed by atoms with Crippen molar-refractivity contribution in [1.82, 2.24) is 19.4 Å². The van der Waals surface area contributed by atoms with Crippen molar-refractivity contribution in [2.75, 3.05) is 7.05 Å². The maximum Gasteiger partial charge on any atom is 0.258 e. The van der Waals surface area contributed by atoms with Gasteiger partial charge < -0.3 is 4.52 Å². The Hall–Kier alpha value is -1.99. The first-order valence-electron chi connectivity index (χ1n) is 7.03. The highest BCUT2D eigenvalue weighted by Crippen LogP contribution is 2.16. The van der Waals surface area contributed by atoms with Crippen LogP contribution in [0.3, 0.4) is 0 Å². The van der Waals surface area contributed by atoms with Crippen molar-refractivity contribution < 1.29 is 4.52 Å². The van der Waals surface area contributed by atoms with Crippen LogP contribution in [0.5, 0.6) is 0 Å².